The minimum absolute atomic E-state index is 0.00779. The Labute approximate surface area is 191 Å². The number of carboxylic acids is 1. The third-order valence-electron chi connectivity index (χ3n) is 6.84. The summed E-state index contributed by atoms with van der Waals surface area (Å²) in [4.78, 5) is 37.5. The van der Waals surface area contributed by atoms with E-state index in [1.54, 1.807) is 0 Å². The van der Waals surface area contributed by atoms with Gasteiger partial charge in [0.1, 0.15) is 12.6 Å². The Morgan fingerprint density at radius 3 is 2.33 bits per heavy atom. The van der Waals surface area contributed by atoms with Crippen LogP contribution < -0.4 is 5.32 Å². The molecule has 1 unspecified atom stereocenters. The lowest BCUT2D eigenvalue weighted by molar-refractivity contribution is -0.159. The minimum atomic E-state index is -0.970. The first-order chi connectivity index (χ1) is 16.0. The van der Waals surface area contributed by atoms with E-state index in [0.29, 0.717) is 19.4 Å². The van der Waals surface area contributed by atoms with Crippen molar-refractivity contribution >= 4 is 18.0 Å². The zero-order valence-electron chi connectivity index (χ0n) is 18.1. The number of likely N-dealkylation sites (tertiary alicyclic amines) is 1. The minimum Gasteiger partial charge on any atom is -0.480 e. The molecule has 2 aromatic carbocycles. The maximum Gasteiger partial charge on any atom is 0.407 e. The first-order valence-electron chi connectivity index (χ1n) is 11.3. The predicted octanol–water partition coefficient (Wildman–Crippen LogP) is 2.62. The SMILES string of the molecule is O=C(NC[C@@H]1C[C@H](C(=O)N2CCC2C(=O)O)CO1)OCC1c2ccccc2-c2ccccc21. The molecule has 2 fully saturated rings. The third kappa shape index (κ3) is 4.06. The van der Waals surface area contributed by atoms with Crippen LogP contribution in [0.2, 0.25) is 0 Å². The van der Waals surface area contributed by atoms with Crippen LogP contribution in [0.25, 0.3) is 11.1 Å². The van der Waals surface area contributed by atoms with Crippen molar-refractivity contribution in [2.24, 2.45) is 5.92 Å². The van der Waals surface area contributed by atoms with E-state index >= 15 is 0 Å². The first-order valence-corrected chi connectivity index (χ1v) is 11.3. The number of hydrogen-bond acceptors (Lipinski definition) is 5. The van der Waals surface area contributed by atoms with E-state index < -0.39 is 18.1 Å². The summed E-state index contributed by atoms with van der Waals surface area (Å²) in [6, 6.07) is 15.6. The van der Waals surface area contributed by atoms with Crippen LogP contribution in [0.1, 0.15) is 29.9 Å². The summed E-state index contributed by atoms with van der Waals surface area (Å²) in [6.07, 6.45) is 0.111. The molecule has 2 aromatic rings. The van der Waals surface area contributed by atoms with Gasteiger partial charge in [0.25, 0.3) is 0 Å². The first kappa shape index (κ1) is 21.5. The summed E-state index contributed by atoms with van der Waals surface area (Å²) < 4.78 is 11.2. The molecule has 2 heterocycles. The Morgan fingerprint density at radius 1 is 1.06 bits per heavy atom. The molecule has 3 aliphatic rings. The Hall–Kier alpha value is -3.39. The lowest BCUT2D eigenvalue weighted by Crippen LogP contribution is -2.56. The summed E-state index contributed by atoms with van der Waals surface area (Å²) in [5, 5.41) is 11.9. The Morgan fingerprint density at radius 2 is 1.73 bits per heavy atom. The van der Waals surface area contributed by atoms with Gasteiger partial charge in [-0.25, -0.2) is 9.59 Å². The standard InChI is InChI=1S/C25H26N2O6/c28-23(27-10-9-22(27)24(29)30)15-11-16(32-13-15)12-26-25(31)33-14-21-19-7-3-1-5-17(19)18-6-2-4-8-20(18)21/h1-8,15-16,21-22H,9-14H2,(H,26,31)(H,29,30)/t15-,16-,22?/m0/s1. The van der Waals surface area contributed by atoms with E-state index in [0.717, 1.165) is 11.1 Å². The van der Waals surface area contributed by atoms with Crippen molar-refractivity contribution in [3.63, 3.8) is 0 Å². The highest BCUT2D eigenvalue weighted by molar-refractivity contribution is 5.87. The molecule has 2 aliphatic heterocycles. The average Bonchev–Trinajstić information content (AvgIpc) is 3.38. The van der Waals surface area contributed by atoms with Gasteiger partial charge in [-0.1, -0.05) is 48.5 Å². The molecule has 8 nitrogen and oxygen atoms in total. The largest absolute Gasteiger partial charge is 0.480 e. The normalized spacial score (nSPS) is 23.4. The number of fused-ring (bicyclic) bond motifs is 3. The molecular weight excluding hydrogens is 424 g/mol. The number of amides is 2. The van der Waals surface area contributed by atoms with E-state index in [1.165, 1.54) is 16.0 Å². The van der Waals surface area contributed by atoms with Crippen LogP contribution in [0.15, 0.2) is 48.5 Å². The number of nitrogens with one attached hydrogen (secondary N) is 1. The summed E-state index contributed by atoms with van der Waals surface area (Å²) in [7, 11) is 0. The van der Waals surface area contributed by atoms with Crippen molar-refractivity contribution in [2.75, 3.05) is 26.3 Å². The molecule has 2 amide bonds. The smallest absolute Gasteiger partial charge is 0.407 e. The molecule has 33 heavy (non-hydrogen) atoms. The third-order valence-corrected chi connectivity index (χ3v) is 6.84. The average molecular weight is 450 g/mol. The van der Waals surface area contributed by atoms with Gasteiger partial charge < -0.3 is 24.8 Å². The number of alkyl carbamates (subject to hydrolysis) is 1. The van der Waals surface area contributed by atoms with Crippen LogP contribution in [0.3, 0.4) is 0 Å². The number of hydrogen-bond donors (Lipinski definition) is 2. The maximum atomic E-state index is 12.5. The fourth-order valence-electron chi connectivity index (χ4n) is 5.01. The van der Waals surface area contributed by atoms with Crippen LogP contribution >= 0.6 is 0 Å². The second kappa shape index (κ2) is 8.86. The number of nitrogens with zero attached hydrogens (tertiary/aromatic N) is 1. The Bertz CT molecular complexity index is 1040. The number of carboxylic acid groups (broad SMARTS) is 1. The van der Waals surface area contributed by atoms with Crippen LogP contribution in [0, 0.1) is 5.92 Å². The molecule has 0 bridgehead atoms. The zero-order valence-corrected chi connectivity index (χ0v) is 18.1. The second-order valence-corrected chi connectivity index (χ2v) is 8.77. The van der Waals surface area contributed by atoms with Crippen LogP contribution in [-0.4, -0.2) is 66.4 Å². The monoisotopic (exact) mass is 450 g/mol. The van der Waals surface area contributed by atoms with Crippen molar-refractivity contribution in [2.45, 2.75) is 30.9 Å². The van der Waals surface area contributed by atoms with Gasteiger partial charge in [-0.2, -0.15) is 0 Å². The van der Waals surface area contributed by atoms with Crippen molar-refractivity contribution in [1.29, 1.82) is 0 Å². The molecule has 5 rings (SSSR count). The quantitative estimate of drug-likeness (QED) is 0.701. The van der Waals surface area contributed by atoms with Crippen molar-refractivity contribution < 1.29 is 29.0 Å². The van der Waals surface area contributed by atoms with Gasteiger partial charge in [-0.05, 0) is 35.1 Å². The Balaban J connectivity index is 1.11. The fraction of sp³-hybridized carbons (Fsp3) is 0.400. The van der Waals surface area contributed by atoms with Crippen molar-refractivity contribution in [3.8, 4) is 11.1 Å². The summed E-state index contributed by atoms with van der Waals surface area (Å²) >= 11 is 0. The maximum absolute atomic E-state index is 12.5. The highest BCUT2D eigenvalue weighted by Crippen LogP contribution is 2.44. The molecule has 0 aromatic heterocycles. The second-order valence-electron chi connectivity index (χ2n) is 8.77. The molecular formula is C25H26N2O6. The molecule has 3 atom stereocenters. The Kier molecular flexibility index (Phi) is 5.76. The van der Waals surface area contributed by atoms with Gasteiger partial charge in [-0.15, -0.1) is 0 Å². The molecule has 2 saturated heterocycles. The molecule has 8 heteroatoms. The fourth-order valence-corrected chi connectivity index (χ4v) is 5.01. The van der Waals surface area contributed by atoms with Crippen molar-refractivity contribution in [3.05, 3.63) is 59.7 Å². The zero-order chi connectivity index (χ0) is 22.9. The topological polar surface area (TPSA) is 105 Å². The molecule has 0 spiro atoms. The lowest BCUT2D eigenvalue weighted by atomic mass is 9.97. The van der Waals surface area contributed by atoms with Crippen molar-refractivity contribution in [1.82, 2.24) is 10.2 Å². The van der Waals surface area contributed by atoms with Gasteiger partial charge in [0, 0.05) is 19.0 Å². The van der Waals surface area contributed by atoms with Gasteiger partial charge in [0.15, 0.2) is 0 Å². The van der Waals surface area contributed by atoms with E-state index in [-0.39, 0.29) is 43.6 Å². The molecule has 0 radical (unpaired) electrons. The molecule has 0 saturated carbocycles. The van der Waals surface area contributed by atoms with Gasteiger partial charge in [-0.3, -0.25) is 4.79 Å². The number of ether oxygens (including phenoxy) is 2. The summed E-state index contributed by atoms with van der Waals surface area (Å²) in [6.45, 7) is 1.18. The van der Waals surface area contributed by atoms with Gasteiger partial charge >= 0.3 is 12.1 Å². The lowest BCUT2D eigenvalue weighted by Gasteiger charge is -2.39. The predicted molar refractivity (Wildman–Crippen MR) is 119 cm³/mol. The van der Waals surface area contributed by atoms with E-state index in [2.05, 4.69) is 29.6 Å². The number of rotatable bonds is 6. The molecule has 2 N–H and O–H groups in total. The van der Waals surface area contributed by atoms with Gasteiger partial charge in [0.2, 0.25) is 5.91 Å². The number of benzene rings is 2. The van der Waals surface area contributed by atoms with Crippen LogP contribution in [0.5, 0.6) is 0 Å². The highest BCUT2D eigenvalue weighted by atomic mass is 16.5. The highest BCUT2D eigenvalue weighted by Gasteiger charge is 2.42. The van der Waals surface area contributed by atoms with E-state index in [4.69, 9.17) is 14.6 Å². The number of carbonyl (C=O) groups is 3. The van der Waals surface area contributed by atoms with Crippen LogP contribution in [0.4, 0.5) is 4.79 Å². The number of aliphatic carboxylic acids is 1. The van der Waals surface area contributed by atoms with Crippen LogP contribution in [-0.2, 0) is 19.1 Å². The van der Waals surface area contributed by atoms with Gasteiger partial charge in [0.05, 0.1) is 18.6 Å². The number of carbonyl (C=O) groups excluding carboxylic acids is 2. The molecule has 172 valence electrons. The van der Waals surface area contributed by atoms with E-state index in [9.17, 15) is 14.4 Å². The summed E-state index contributed by atoms with van der Waals surface area (Å²) in [5.74, 6) is -1.53. The molecule has 1 aliphatic carbocycles. The van der Waals surface area contributed by atoms with E-state index in [1.807, 2.05) is 24.3 Å². The summed E-state index contributed by atoms with van der Waals surface area (Å²) in [5.41, 5.74) is 4.64.